The Morgan fingerprint density at radius 1 is 1.10 bits per heavy atom. The maximum Gasteiger partial charge on any atom is 0.335 e. The van der Waals surface area contributed by atoms with E-state index < -0.39 is 5.97 Å². The molecular formula is C15H13ClN2O2S. The molecule has 0 bridgehead atoms. The van der Waals surface area contributed by atoms with E-state index in [2.05, 4.69) is 10.6 Å². The minimum Gasteiger partial charge on any atom is -0.478 e. The minimum absolute atomic E-state index is 0.264. The number of rotatable bonds is 4. The van der Waals surface area contributed by atoms with Crippen molar-refractivity contribution in [2.24, 2.45) is 0 Å². The van der Waals surface area contributed by atoms with Gasteiger partial charge < -0.3 is 15.7 Å². The number of aromatic carboxylic acids is 1. The highest BCUT2D eigenvalue weighted by atomic mass is 35.5. The van der Waals surface area contributed by atoms with E-state index in [0.29, 0.717) is 16.7 Å². The van der Waals surface area contributed by atoms with Crippen LogP contribution < -0.4 is 10.6 Å². The van der Waals surface area contributed by atoms with Crippen molar-refractivity contribution < 1.29 is 9.90 Å². The van der Waals surface area contributed by atoms with E-state index in [1.165, 1.54) is 0 Å². The van der Waals surface area contributed by atoms with Crippen molar-refractivity contribution >= 4 is 40.6 Å². The van der Waals surface area contributed by atoms with E-state index in [-0.39, 0.29) is 5.56 Å². The molecule has 108 valence electrons. The van der Waals surface area contributed by atoms with Gasteiger partial charge in [-0.2, -0.15) is 0 Å². The third kappa shape index (κ3) is 4.73. The number of carboxylic acids is 1. The lowest BCUT2D eigenvalue weighted by atomic mass is 10.1. The van der Waals surface area contributed by atoms with Gasteiger partial charge in [0, 0.05) is 17.3 Å². The van der Waals surface area contributed by atoms with Crippen LogP contribution >= 0.6 is 23.8 Å². The molecule has 0 fully saturated rings. The summed E-state index contributed by atoms with van der Waals surface area (Å²) in [6, 6.07) is 13.8. The van der Waals surface area contributed by atoms with Crippen LogP contribution in [0.4, 0.5) is 5.69 Å². The van der Waals surface area contributed by atoms with Crippen LogP contribution in [-0.2, 0) is 6.54 Å². The fourth-order valence-electron chi connectivity index (χ4n) is 1.66. The standard InChI is InChI=1S/C15H13ClN2O2S/c16-12-5-7-13(8-6-12)18-15(21)17-9-10-1-3-11(4-2-10)14(19)20/h1-8H,9H2,(H,19,20)(H2,17,18,21). The number of anilines is 1. The summed E-state index contributed by atoms with van der Waals surface area (Å²) in [5, 5.41) is 16.1. The number of carboxylic acid groups (broad SMARTS) is 1. The van der Waals surface area contributed by atoms with Crippen molar-refractivity contribution in [3.63, 3.8) is 0 Å². The van der Waals surface area contributed by atoms with Gasteiger partial charge in [-0.3, -0.25) is 0 Å². The normalized spacial score (nSPS) is 9.95. The molecule has 0 aliphatic rings. The third-order valence-electron chi connectivity index (χ3n) is 2.76. The van der Waals surface area contributed by atoms with Crippen molar-refractivity contribution in [1.82, 2.24) is 5.32 Å². The molecule has 0 aliphatic heterocycles. The molecule has 0 unspecified atom stereocenters. The largest absolute Gasteiger partial charge is 0.478 e. The lowest BCUT2D eigenvalue weighted by Crippen LogP contribution is -2.27. The van der Waals surface area contributed by atoms with E-state index in [1.54, 1.807) is 36.4 Å². The molecule has 6 heteroatoms. The Morgan fingerprint density at radius 3 is 2.29 bits per heavy atom. The molecule has 21 heavy (non-hydrogen) atoms. The second-order valence-corrected chi connectivity index (χ2v) is 5.16. The first-order chi connectivity index (χ1) is 10.0. The summed E-state index contributed by atoms with van der Waals surface area (Å²) >= 11 is 11.0. The van der Waals surface area contributed by atoms with Crippen molar-refractivity contribution in [1.29, 1.82) is 0 Å². The van der Waals surface area contributed by atoms with Gasteiger partial charge in [-0.1, -0.05) is 23.7 Å². The second kappa shape index (κ2) is 7.06. The highest BCUT2D eigenvalue weighted by molar-refractivity contribution is 7.80. The van der Waals surface area contributed by atoms with E-state index in [1.807, 2.05) is 12.1 Å². The van der Waals surface area contributed by atoms with Gasteiger partial charge >= 0.3 is 5.97 Å². The number of nitrogens with one attached hydrogen (secondary N) is 2. The average Bonchev–Trinajstić information content (AvgIpc) is 2.48. The first kappa shape index (κ1) is 15.3. The molecule has 0 aromatic heterocycles. The Morgan fingerprint density at radius 2 is 1.71 bits per heavy atom. The topological polar surface area (TPSA) is 61.4 Å². The van der Waals surface area contributed by atoms with Gasteiger partial charge in [-0.15, -0.1) is 0 Å². The summed E-state index contributed by atoms with van der Waals surface area (Å²) in [4.78, 5) is 10.7. The SMILES string of the molecule is O=C(O)c1ccc(CNC(=S)Nc2ccc(Cl)cc2)cc1. The molecule has 0 heterocycles. The predicted octanol–water partition coefficient (Wildman–Crippen LogP) is 3.52. The summed E-state index contributed by atoms with van der Waals surface area (Å²) in [6.45, 7) is 0.513. The third-order valence-corrected chi connectivity index (χ3v) is 3.25. The Kier molecular flexibility index (Phi) is 5.14. The molecule has 0 atom stereocenters. The van der Waals surface area contributed by atoms with Crippen molar-refractivity contribution in [2.45, 2.75) is 6.54 Å². The van der Waals surface area contributed by atoms with E-state index in [9.17, 15) is 4.79 Å². The van der Waals surface area contributed by atoms with Crippen LogP contribution in [0.25, 0.3) is 0 Å². The lowest BCUT2D eigenvalue weighted by molar-refractivity contribution is 0.0697. The first-order valence-corrected chi connectivity index (χ1v) is 6.96. The molecule has 0 radical (unpaired) electrons. The molecule has 0 spiro atoms. The number of thiocarbonyl (C=S) groups is 1. The van der Waals surface area contributed by atoms with E-state index >= 15 is 0 Å². The maximum atomic E-state index is 10.7. The van der Waals surface area contributed by atoms with Crippen LogP contribution in [0.5, 0.6) is 0 Å². The molecule has 0 saturated carbocycles. The zero-order chi connectivity index (χ0) is 15.2. The van der Waals surface area contributed by atoms with Gasteiger partial charge in [0.05, 0.1) is 5.56 Å². The van der Waals surface area contributed by atoms with Gasteiger partial charge in [0.1, 0.15) is 0 Å². The molecule has 2 rings (SSSR count). The molecule has 2 aromatic carbocycles. The first-order valence-electron chi connectivity index (χ1n) is 6.17. The highest BCUT2D eigenvalue weighted by Gasteiger charge is 2.02. The number of benzene rings is 2. The van der Waals surface area contributed by atoms with E-state index in [4.69, 9.17) is 28.9 Å². The molecule has 4 nitrogen and oxygen atoms in total. The van der Waals surface area contributed by atoms with Crippen LogP contribution in [0, 0.1) is 0 Å². The number of hydrogen-bond acceptors (Lipinski definition) is 2. The summed E-state index contributed by atoms with van der Waals surface area (Å²) < 4.78 is 0. The van der Waals surface area contributed by atoms with Gasteiger partial charge in [-0.05, 0) is 54.2 Å². The molecule has 2 aromatic rings. The summed E-state index contributed by atoms with van der Waals surface area (Å²) in [5.41, 5.74) is 2.05. The van der Waals surface area contributed by atoms with Crippen LogP contribution in [0.1, 0.15) is 15.9 Å². The zero-order valence-corrected chi connectivity index (χ0v) is 12.5. The van der Waals surface area contributed by atoms with Gasteiger partial charge in [0.25, 0.3) is 0 Å². The molecule has 3 N–H and O–H groups in total. The fourth-order valence-corrected chi connectivity index (χ4v) is 1.97. The Bertz CT molecular complexity index is 642. The quantitative estimate of drug-likeness (QED) is 0.752. The minimum atomic E-state index is -0.936. The molecule has 0 saturated heterocycles. The summed E-state index contributed by atoms with van der Waals surface area (Å²) in [5.74, 6) is -0.936. The number of carbonyl (C=O) groups is 1. The van der Waals surface area contributed by atoms with E-state index in [0.717, 1.165) is 11.3 Å². The van der Waals surface area contributed by atoms with Crippen molar-refractivity contribution in [3.8, 4) is 0 Å². The van der Waals surface area contributed by atoms with Crippen molar-refractivity contribution in [2.75, 3.05) is 5.32 Å². The van der Waals surface area contributed by atoms with Crippen LogP contribution in [0.15, 0.2) is 48.5 Å². The monoisotopic (exact) mass is 320 g/mol. The van der Waals surface area contributed by atoms with Gasteiger partial charge in [0.15, 0.2) is 5.11 Å². The average molecular weight is 321 g/mol. The Hall–Kier alpha value is -2.11. The van der Waals surface area contributed by atoms with Crippen LogP contribution in [0.2, 0.25) is 5.02 Å². The summed E-state index contributed by atoms with van der Waals surface area (Å²) in [7, 11) is 0. The Labute approximate surface area is 132 Å². The molecule has 0 amide bonds. The fraction of sp³-hybridized carbons (Fsp3) is 0.0667. The number of halogens is 1. The second-order valence-electron chi connectivity index (χ2n) is 4.32. The zero-order valence-electron chi connectivity index (χ0n) is 11.0. The smallest absolute Gasteiger partial charge is 0.335 e. The van der Waals surface area contributed by atoms with Crippen LogP contribution in [-0.4, -0.2) is 16.2 Å². The van der Waals surface area contributed by atoms with Crippen molar-refractivity contribution in [3.05, 3.63) is 64.7 Å². The lowest BCUT2D eigenvalue weighted by Gasteiger charge is -2.10. The summed E-state index contributed by atoms with van der Waals surface area (Å²) in [6.07, 6.45) is 0. The highest BCUT2D eigenvalue weighted by Crippen LogP contribution is 2.13. The molecule has 0 aliphatic carbocycles. The predicted molar refractivity (Wildman–Crippen MR) is 87.9 cm³/mol. The maximum absolute atomic E-state index is 10.7. The van der Waals surface area contributed by atoms with Crippen LogP contribution in [0.3, 0.4) is 0 Å². The Balaban J connectivity index is 1.86. The molecular weight excluding hydrogens is 308 g/mol. The number of hydrogen-bond donors (Lipinski definition) is 3. The van der Waals surface area contributed by atoms with Gasteiger partial charge in [-0.25, -0.2) is 4.79 Å². The van der Waals surface area contributed by atoms with Gasteiger partial charge in [0.2, 0.25) is 0 Å².